The van der Waals surface area contributed by atoms with Gasteiger partial charge in [0, 0.05) is 12.5 Å². The van der Waals surface area contributed by atoms with Crippen molar-refractivity contribution in [3.05, 3.63) is 10.5 Å². The summed E-state index contributed by atoms with van der Waals surface area (Å²) >= 11 is 1.32. The lowest BCUT2D eigenvalue weighted by molar-refractivity contribution is -0.119. The fourth-order valence-corrected chi connectivity index (χ4v) is 2.23. The van der Waals surface area contributed by atoms with Crippen molar-refractivity contribution < 1.29 is 4.79 Å². The van der Waals surface area contributed by atoms with Crippen LogP contribution < -0.4 is 5.69 Å². The van der Waals surface area contributed by atoms with Gasteiger partial charge in [0.1, 0.15) is 5.78 Å². The predicted molar refractivity (Wildman–Crippen MR) is 63.7 cm³/mol. The van der Waals surface area contributed by atoms with Crippen LogP contribution in [0, 0.1) is 5.92 Å². The number of H-pyrrole nitrogens is 1. The molecule has 0 bridgehead atoms. The largest absolute Gasteiger partial charge is 0.343 e. The first-order chi connectivity index (χ1) is 7.60. The Balaban J connectivity index is 2.61. The zero-order valence-electron chi connectivity index (χ0n) is 9.82. The molecule has 90 valence electrons. The van der Waals surface area contributed by atoms with Gasteiger partial charge in [0.2, 0.25) is 0 Å². The van der Waals surface area contributed by atoms with Crippen molar-refractivity contribution in [3.63, 3.8) is 0 Å². The van der Waals surface area contributed by atoms with Crippen LogP contribution in [0.3, 0.4) is 0 Å². The summed E-state index contributed by atoms with van der Waals surface area (Å²) in [4.78, 5) is 22.9. The minimum Gasteiger partial charge on any atom is -0.298 e. The van der Waals surface area contributed by atoms with Gasteiger partial charge >= 0.3 is 5.69 Å². The van der Waals surface area contributed by atoms with Crippen LogP contribution in [0.4, 0.5) is 0 Å². The molecule has 0 aliphatic rings. The van der Waals surface area contributed by atoms with E-state index in [1.165, 1.54) is 16.3 Å². The van der Waals surface area contributed by atoms with E-state index >= 15 is 0 Å². The normalized spacial score (nSPS) is 12.7. The first-order valence-electron chi connectivity index (χ1n) is 5.40. The van der Waals surface area contributed by atoms with E-state index in [0.29, 0.717) is 17.5 Å². The molecule has 1 atom stereocenters. The van der Waals surface area contributed by atoms with Crippen LogP contribution in [0.1, 0.15) is 27.2 Å². The summed E-state index contributed by atoms with van der Waals surface area (Å²) in [6, 6.07) is 0. The zero-order chi connectivity index (χ0) is 12.1. The average Bonchev–Trinajstić information content (AvgIpc) is 2.65. The van der Waals surface area contributed by atoms with E-state index in [9.17, 15) is 9.59 Å². The Morgan fingerprint density at radius 2 is 2.25 bits per heavy atom. The van der Waals surface area contributed by atoms with Crippen molar-refractivity contribution >= 4 is 17.5 Å². The van der Waals surface area contributed by atoms with Gasteiger partial charge in [-0.1, -0.05) is 25.6 Å². The van der Waals surface area contributed by atoms with Gasteiger partial charge < -0.3 is 0 Å². The second-order valence-corrected chi connectivity index (χ2v) is 4.56. The molecule has 0 aliphatic carbocycles. The highest BCUT2D eigenvalue weighted by Crippen LogP contribution is 2.15. The summed E-state index contributed by atoms with van der Waals surface area (Å²) in [5, 5.41) is 6.85. The summed E-state index contributed by atoms with van der Waals surface area (Å²) in [5.74, 6) is 0.651. The Bertz CT molecular complexity index is 410. The fraction of sp³-hybridized carbons (Fsp3) is 0.700. The SMILES string of the molecule is CCC(C)C(=O)CSc1n[nH]c(=O)n1CC. The Morgan fingerprint density at radius 1 is 1.56 bits per heavy atom. The fourth-order valence-electron chi connectivity index (χ4n) is 1.20. The maximum Gasteiger partial charge on any atom is 0.343 e. The highest BCUT2D eigenvalue weighted by Gasteiger charge is 2.13. The van der Waals surface area contributed by atoms with Gasteiger partial charge in [-0.05, 0) is 13.3 Å². The van der Waals surface area contributed by atoms with Crippen LogP contribution in [0.15, 0.2) is 9.95 Å². The maximum absolute atomic E-state index is 11.6. The topological polar surface area (TPSA) is 67.8 Å². The van der Waals surface area contributed by atoms with E-state index in [1.807, 2.05) is 20.8 Å². The number of hydrogen-bond donors (Lipinski definition) is 1. The van der Waals surface area contributed by atoms with Crippen LogP contribution in [-0.4, -0.2) is 26.3 Å². The van der Waals surface area contributed by atoms with Crippen molar-refractivity contribution in [1.82, 2.24) is 14.8 Å². The van der Waals surface area contributed by atoms with Crippen LogP contribution in [0.5, 0.6) is 0 Å². The summed E-state index contributed by atoms with van der Waals surface area (Å²) in [6.07, 6.45) is 0.848. The second-order valence-electron chi connectivity index (χ2n) is 3.62. The Kier molecular flexibility index (Phi) is 4.79. The average molecular weight is 243 g/mol. The minimum atomic E-state index is -0.221. The van der Waals surface area contributed by atoms with Crippen LogP contribution >= 0.6 is 11.8 Å². The molecule has 0 amide bonds. The Labute approximate surface area is 98.6 Å². The predicted octanol–water partition coefficient (Wildman–Crippen LogP) is 1.30. The molecule has 0 saturated heterocycles. The molecule has 0 aliphatic heterocycles. The van der Waals surface area contributed by atoms with E-state index < -0.39 is 0 Å². The molecule has 1 unspecified atom stereocenters. The molecule has 0 fully saturated rings. The summed E-state index contributed by atoms with van der Waals surface area (Å²) in [6.45, 7) is 6.34. The number of hydrogen-bond acceptors (Lipinski definition) is 4. The molecule has 1 N–H and O–H groups in total. The van der Waals surface area contributed by atoms with E-state index in [1.54, 1.807) is 0 Å². The van der Waals surface area contributed by atoms with Crippen molar-refractivity contribution in [3.8, 4) is 0 Å². The van der Waals surface area contributed by atoms with E-state index in [2.05, 4.69) is 10.2 Å². The zero-order valence-corrected chi connectivity index (χ0v) is 10.6. The number of rotatable bonds is 6. The number of aromatic nitrogens is 3. The molecule has 16 heavy (non-hydrogen) atoms. The molecule has 5 nitrogen and oxygen atoms in total. The van der Waals surface area contributed by atoms with Crippen molar-refractivity contribution in [2.45, 2.75) is 38.9 Å². The quantitative estimate of drug-likeness (QED) is 0.765. The summed E-state index contributed by atoms with van der Waals surface area (Å²) in [5.41, 5.74) is -0.221. The van der Waals surface area contributed by atoms with Crippen LogP contribution in [-0.2, 0) is 11.3 Å². The smallest absolute Gasteiger partial charge is 0.298 e. The third-order valence-electron chi connectivity index (χ3n) is 2.55. The molecule has 1 aromatic rings. The highest BCUT2D eigenvalue weighted by molar-refractivity contribution is 7.99. The number of thioether (sulfide) groups is 1. The van der Waals surface area contributed by atoms with Crippen molar-refractivity contribution in [1.29, 1.82) is 0 Å². The molecule has 1 rings (SSSR count). The van der Waals surface area contributed by atoms with Crippen LogP contribution in [0.25, 0.3) is 0 Å². The first-order valence-corrected chi connectivity index (χ1v) is 6.39. The molecule has 0 saturated carbocycles. The van der Waals surface area contributed by atoms with Gasteiger partial charge in [-0.25, -0.2) is 9.89 Å². The highest BCUT2D eigenvalue weighted by atomic mass is 32.2. The first kappa shape index (κ1) is 13.0. The molecule has 1 aromatic heterocycles. The monoisotopic (exact) mass is 243 g/mol. The minimum absolute atomic E-state index is 0.0771. The van der Waals surface area contributed by atoms with E-state index in [0.717, 1.165) is 6.42 Å². The summed E-state index contributed by atoms with van der Waals surface area (Å²) < 4.78 is 1.52. The Morgan fingerprint density at radius 3 is 2.81 bits per heavy atom. The van der Waals surface area contributed by atoms with E-state index in [-0.39, 0.29) is 17.4 Å². The summed E-state index contributed by atoms with van der Waals surface area (Å²) in [7, 11) is 0. The number of nitrogens with one attached hydrogen (secondary N) is 1. The van der Waals surface area contributed by atoms with Gasteiger partial charge in [0.05, 0.1) is 5.75 Å². The lowest BCUT2D eigenvalue weighted by atomic mass is 10.1. The number of ketones is 1. The van der Waals surface area contributed by atoms with Crippen molar-refractivity contribution in [2.24, 2.45) is 5.92 Å². The van der Waals surface area contributed by atoms with Gasteiger partial charge in [0.15, 0.2) is 5.16 Å². The number of carbonyl (C=O) groups is 1. The lowest BCUT2D eigenvalue weighted by Crippen LogP contribution is -2.17. The standard InChI is InChI=1S/C10H17N3O2S/c1-4-7(3)8(14)6-16-10-12-11-9(15)13(10)5-2/h7H,4-6H2,1-3H3,(H,11,15). The van der Waals surface area contributed by atoms with E-state index in [4.69, 9.17) is 0 Å². The third kappa shape index (κ3) is 2.98. The lowest BCUT2D eigenvalue weighted by Gasteiger charge is -2.06. The van der Waals surface area contributed by atoms with Crippen LogP contribution in [0.2, 0.25) is 0 Å². The van der Waals surface area contributed by atoms with Gasteiger partial charge in [0.25, 0.3) is 0 Å². The number of carbonyl (C=O) groups excluding carboxylic acids is 1. The molecule has 1 heterocycles. The van der Waals surface area contributed by atoms with Gasteiger partial charge in [-0.3, -0.25) is 9.36 Å². The molecular weight excluding hydrogens is 226 g/mol. The third-order valence-corrected chi connectivity index (χ3v) is 3.54. The molecule has 0 aromatic carbocycles. The number of aromatic amines is 1. The molecule has 0 spiro atoms. The maximum atomic E-state index is 11.6. The molecule has 6 heteroatoms. The Hall–Kier alpha value is -1.04. The van der Waals surface area contributed by atoms with Crippen molar-refractivity contribution in [2.75, 3.05) is 5.75 Å². The van der Waals surface area contributed by atoms with Gasteiger partial charge in [-0.15, -0.1) is 5.10 Å². The second kappa shape index (κ2) is 5.89. The number of Topliss-reactive ketones (excluding diaryl/α,β-unsaturated/α-hetero) is 1. The molecular formula is C10H17N3O2S. The molecule has 0 radical (unpaired) electrons. The number of nitrogens with zero attached hydrogens (tertiary/aromatic N) is 2. The van der Waals surface area contributed by atoms with Gasteiger partial charge in [-0.2, -0.15) is 0 Å².